The Labute approximate surface area is 152 Å². The van der Waals surface area contributed by atoms with Crippen molar-refractivity contribution in [3.63, 3.8) is 0 Å². The standard InChI is InChI=1S/C16H16N4O5S/c1-22-9-5-6-10(23-2)13-12(9)19-16(26-13)20-14(21)8-7-11(24-3)18-15(17-8)25-4/h5-7H,1-4H3,(H,19,20,21). The summed E-state index contributed by atoms with van der Waals surface area (Å²) < 4.78 is 21.4. The lowest BCUT2D eigenvalue weighted by Gasteiger charge is -2.05. The minimum Gasteiger partial charge on any atom is -0.495 e. The summed E-state index contributed by atoms with van der Waals surface area (Å²) >= 11 is 1.27. The molecule has 0 fully saturated rings. The first kappa shape index (κ1) is 17.7. The molecule has 136 valence electrons. The third kappa shape index (κ3) is 3.31. The van der Waals surface area contributed by atoms with Crippen LogP contribution in [0.25, 0.3) is 10.2 Å². The number of benzene rings is 1. The van der Waals surface area contributed by atoms with E-state index in [9.17, 15) is 4.79 Å². The van der Waals surface area contributed by atoms with E-state index in [0.29, 0.717) is 22.1 Å². The highest BCUT2D eigenvalue weighted by Crippen LogP contribution is 2.38. The fourth-order valence-corrected chi connectivity index (χ4v) is 3.19. The molecule has 1 aromatic carbocycles. The van der Waals surface area contributed by atoms with Gasteiger partial charge < -0.3 is 18.9 Å². The molecule has 3 aromatic rings. The average Bonchev–Trinajstić information content (AvgIpc) is 3.10. The number of amides is 1. The van der Waals surface area contributed by atoms with Crippen LogP contribution < -0.4 is 24.3 Å². The number of anilines is 1. The van der Waals surface area contributed by atoms with Crippen LogP contribution in [0.15, 0.2) is 18.2 Å². The Balaban J connectivity index is 1.95. The number of rotatable bonds is 6. The van der Waals surface area contributed by atoms with Gasteiger partial charge in [0.05, 0.1) is 28.4 Å². The van der Waals surface area contributed by atoms with Crippen LogP contribution in [0, 0.1) is 0 Å². The largest absolute Gasteiger partial charge is 0.495 e. The summed E-state index contributed by atoms with van der Waals surface area (Å²) in [5.74, 6) is 0.975. The van der Waals surface area contributed by atoms with Gasteiger partial charge in [0.2, 0.25) is 5.88 Å². The van der Waals surface area contributed by atoms with Crippen molar-refractivity contribution in [1.82, 2.24) is 15.0 Å². The molecule has 0 aliphatic carbocycles. The van der Waals surface area contributed by atoms with Crippen molar-refractivity contribution in [3.8, 4) is 23.4 Å². The highest BCUT2D eigenvalue weighted by Gasteiger charge is 2.18. The lowest BCUT2D eigenvalue weighted by molar-refractivity contribution is 0.102. The van der Waals surface area contributed by atoms with E-state index in [4.69, 9.17) is 18.9 Å². The van der Waals surface area contributed by atoms with E-state index >= 15 is 0 Å². The van der Waals surface area contributed by atoms with Crippen LogP contribution in [0.2, 0.25) is 0 Å². The fraction of sp³-hybridized carbons (Fsp3) is 0.250. The molecule has 2 aromatic heterocycles. The van der Waals surface area contributed by atoms with E-state index in [0.717, 1.165) is 4.70 Å². The van der Waals surface area contributed by atoms with Gasteiger partial charge in [-0.25, -0.2) is 4.98 Å². The molecule has 0 saturated heterocycles. The molecular weight excluding hydrogens is 360 g/mol. The van der Waals surface area contributed by atoms with Crippen LogP contribution in [0.3, 0.4) is 0 Å². The maximum absolute atomic E-state index is 12.5. The molecule has 0 bridgehead atoms. The van der Waals surface area contributed by atoms with E-state index in [2.05, 4.69) is 20.3 Å². The molecule has 0 unspecified atom stereocenters. The Bertz CT molecular complexity index is 896. The number of ether oxygens (including phenoxy) is 4. The highest BCUT2D eigenvalue weighted by molar-refractivity contribution is 7.22. The number of fused-ring (bicyclic) bond motifs is 1. The van der Waals surface area contributed by atoms with Gasteiger partial charge >= 0.3 is 6.01 Å². The first-order chi connectivity index (χ1) is 12.6. The quantitative estimate of drug-likeness (QED) is 0.699. The molecule has 1 N–H and O–H groups in total. The van der Waals surface area contributed by atoms with Crippen LogP contribution in [-0.2, 0) is 0 Å². The lowest BCUT2D eigenvalue weighted by Crippen LogP contribution is -2.14. The first-order valence-electron chi connectivity index (χ1n) is 7.39. The highest BCUT2D eigenvalue weighted by atomic mass is 32.1. The second-order valence-electron chi connectivity index (χ2n) is 4.90. The van der Waals surface area contributed by atoms with Gasteiger partial charge in [-0.3, -0.25) is 10.1 Å². The molecule has 26 heavy (non-hydrogen) atoms. The number of nitrogens with zero attached hydrogens (tertiary/aromatic N) is 3. The van der Waals surface area contributed by atoms with E-state index in [1.54, 1.807) is 26.4 Å². The lowest BCUT2D eigenvalue weighted by atomic mass is 10.3. The van der Waals surface area contributed by atoms with Crippen molar-refractivity contribution in [2.75, 3.05) is 33.8 Å². The van der Waals surface area contributed by atoms with Crippen molar-refractivity contribution in [2.45, 2.75) is 0 Å². The van der Waals surface area contributed by atoms with E-state index in [1.807, 2.05) is 0 Å². The number of nitrogens with one attached hydrogen (secondary N) is 1. The van der Waals surface area contributed by atoms with Crippen molar-refractivity contribution in [1.29, 1.82) is 0 Å². The molecule has 9 nitrogen and oxygen atoms in total. The monoisotopic (exact) mass is 376 g/mol. The molecule has 10 heteroatoms. The summed E-state index contributed by atoms with van der Waals surface area (Å²) in [5, 5.41) is 3.09. The number of carbonyl (C=O) groups excluding carboxylic acids is 1. The van der Waals surface area contributed by atoms with Crippen molar-refractivity contribution < 1.29 is 23.7 Å². The number of carbonyl (C=O) groups is 1. The van der Waals surface area contributed by atoms with Crippen LogP contribution in [0.5, 0.6) is 23.4 Å². The molecular formula is C16H16N4O5S. The zero-order valence-corrected chi connectivity index (χ0v) is 15.3. The van der Waals surface area contributed by atoms with Gasteiger partial charge in [-0.1, -0.05) is 11.3 Å². The second kappa shape index (κ2) is 7.40. The smallest absolute Gasteiger partial charge is 0.320 e. The van der Waals surface area contributed by atoms with Crippen molar-refractivity contribution >= 4 is 32.6 Å². The average molecular weight is 376 g/mol. The van der Waals surface area contributed by atoms with Crippen LogP contribution >= 0.6 is 11.3 Å². The maximum atomic E-state index is 12.5. The van der Waals surface area contributed by atoms with Crippen LogP contribution in [-0.4, -0.2) is 49.3 Å². The molecule has 0 saturated carbocycles. The molecule has 0 aliphatic rings. The summed E-state index contributed by atoms with van der Waals surface area (Å²) in [6.45, 7) is 0. The molecule has 0 radical (unpaired) electrons. The fourth-order valence-electron chi connectivity index (χ4n) is 2.22. The number of aromatic nitrogens is 3. The van der Waals surface area contributed by atoms with E-state index in [1.165, 1.54) is 31.6 Å². The van der Waals surface area contributed by atoms with Crippen LogP contribution in [0.4, 0.5) is 5.13 Å². The summed E-state index contributed by atoms with van der Waals surface area (Å²) in [7, 11) is 5.97. The van der Waals surface area contributed by atoms with Crippen LogP contribution in [0.1, 0.15) is 10.5 Å². The molecule has 2 heterocycles. The predicted molar refractivity (Wildman–Crippen MR) is 95.8 cm³/mol. The molecule has 0 aliphatic heterocycles. The second-order valence-corrected chi connectivity index (χ2v) is 5.90. The summed E-state index contributed by atoms with van der Waals surface area (Å²) in [5.41, 5.74) is 0.692. The Morgan fingerprint density at radius 3 is 2.35 bits per heavy atom. The zero-order valence-electron chi connectivity index (χ0n) is 14.5. The normalized spacial score (nSPS) is 10.5. The van der Waals surface area contributed by atoms with Gasteiger partial charge in [-0.05, 0) is 12.1 Å². The van der Waals surface area contributed by atoms with Crippen molar-refractivity contribution in [2.24, 2.45) is 0 Å². The summed E-state index contributed by atoms with van der Waals surface area (Å²) in [6, 6.07) is 4.98. The molecule has 3 rings (SSSR count). The third-order valence-electron chi connectivity index (χ3n) is 3.44. The first-order valence-corrected chi connectivity index (χ1v) is 8.21. The zero-order chi connectivity index (χ0) is 18.7. The number of methoxy groups -OCH3 is 4. The Hall–Kier alpha value is -3.14. The van der Waals surface area contributed by atoms with E-state index < -0.39 is 5.91 Å². The van der Waals surface area contributed by atoms with Gasteiger partial charge in [0, 0.05) is 6.07 Å². The number of hydrogen-bond acceptors (Lipinski definition) is 9. The minimum absolute atomic E-state index is 0.0298. The molecule has 0 spiro atoms. The van der Waals surface area contributed by atoms with Gasteiger partial charge in [0.1, 0.15) is 27.4 Å². The maximum Gasteiger partial charge on any atom is 0.320 e. The summed E-state index contributed by atoms with van der Waals surface area (Å²) in [6.07, 6.45) is 0. The van der Waals surface area contributed by atoms with Gasteiger partial charge in [0.15, 0.2) is 5.13 Å². The number of thiazole rings is 1. The van der Waals surface area contributed by atoms with Gasteiger partial charge in [0.25, 0.3) is 5.91 Å². The summed E-state index contributed by atoms with van der Waals surface area (Å²) in [4.78, 5) is 24.9. The Kier molecular flexibility index (Phi) is 5.03. The Morgan fingerprint density at radius 2 is 1.69 bits per heavy atom. The van der Waals surface area contributed by atoms with Gasteiger partial charge in [-0.15, -0.1) is 0 Å². The third-order valence-corrected chi connectivity index (χ3v) is 4.42. The number of hydrogen-bond donors (Lipinski definition) is 1. The predicted octanol–water partition coefficient (Wildman–Crippen LogP) is 2.37. The minimum atomic E-state index is -0.471. The van der Waals surface area contributed by atoms with E-state index in [-0.39, 0.29) is 17.6 Å². The topological polar surface area (TPSA) is 105 Å². The molecule has 0 atom stereocenters. The van der Waals surface area contributed by atoms with Crippen molar-refractivity contribution in [3.05, 3.63) is 23.9 Å². The SMILES string of the molecule is COc1cc(C(=O)Nc2nc3c(OC)ccc(OC)c3s2)nc(OC)n1. The Morgan fingerprint density at radius 1 is 0.962 bits per heavy atom. The molecule has 1 amide bonds. The van der Waals surface area contributed by atoms with Gasteiger partial charge in [-0.2, -0.15) is 9.97 Å².